The molecular weight excluding hydrogens is 214 g/mol. The van der Waals surface area contributed by atoms with E-state index in [1.807, 2.05) is 12.1 Å². The summed E-state index contributed by atoms with van der Waals surface area (Å²) < 4.78 is 0. The fraction of sp³-hybridized carbons (Fsp3) is 0.692. The molecule has 1 aromatic heterocycles. The molecule has 92 valence electrons. The summed E-state index contributed by atoms with van der Waals surface area (Å²) in [5.74, 6) is 2.71. The van der Waals surface area contributed by atoms with Gasteiger partial charge in [-0.05, 0) is 49.7 Å². The van der Waals surface area contributed by atoms with Crippen LogP contribution in [0.25, 0.3) is 0 Å². The second kappa shape index (κ2) is 4.61. The molecular formula is C13H19N3O. The normalized spacial score (nSPS) is 19.4. The van der Waals surface area contributed by atoms with Crippen LogP contribution in [-0.4, -0.2) is 28.4 Å². The van der Waals surface area contributed by atoms with Gasteiger partial charge >= 0.3 is 0 Å². The second-order valence-corrected chi connectivity index (χ2v) is 5.33. The minimum absolute atomic E-state index is 0.0292. The van der Waals surface area contributed by atoms with Crippen molar-refractivity contribution in [1.82, 2.24) is 10.2 Å². The van der Waals surface area contributed by atoms with Crippen molar-refractivity contribution in [1.29, 1.82) is 0 Å². The molecule has 0 aromatic carbocycles. The lowest BCUT2D eigenvalue weighted by Gasteiger charge is -2.23. The van der Waals surface area contributed by atoms with Crippen LogP contribution in [0, 0.1) is 11.8 Å². The van der Waals surface area contributed by atoms with E-state index in [-0.39, 0.29) is 6.61 Å². The van der Waals surface area contributed by atoms with E-state index in [4.69, 9.17) is 5.11 Å². The summed E-state index contributed by atoms with van der Waals surface area (Å²) in [6.45, 7) is 2.23. The van der Waals surface area contributed by atoms with E-state index in [2.05, 4.69) is 15.1 Å². The molecule has 2 aliphatic rings. The Labute approximate surface area is 102 Å². The summed E-state index contributed by atoms with van der Waals surface area (Å²) in [7, 11) is 0. The lowest BCUT2D eigenvalue weighted by molar-refractivity contribution is 0.275. The third kappa shape index (κ3) is 2.94. The van der Waals surface area contributed by atoms with Crippen LogP contribution in [0.2, 0.25) is 0 Å². The zero-order chi connectivity index (χ0) is 11.7. The van der Waals surface area contributed by atoms with Gasteiger partial charge in [0.05, 0.1) is 12.3 Å². The number of hydrogen-bond acceptors (Lipinski definition) is 4. The predicted octanol–water partition coefficient (Wildman–Crippen LogP) is 1.60. The van der Waals surface area contributed by atoms with Crippen molar-refractivity contribution >= 4 is 5.82 Å². The third-order valence-electron chi connectivity index (χ3n) is 3.54. The van der Waals surface area contributed by atoms with Crippen LogP contribution in [0.3, 0.4) is 0 Å². The number of aliphatic hydroxyl groups excluding tert-OH is 1. The maximum atomic E-state index is 8.96. The van der Waals surface area contributed by atoms with Crippen molar-refractivity contribution in [2.45, 2.75) is 32.3 Å². The largest absolute Gasteiger partial charge is 0.390 e. The molecule has 17 heavy (non-hydrogen) atoms. The van der Waals surface area contributed by atoms with Crippen molar-refractivity contribution in [3.05, 3.63) is 17.8 Å². The van der Waals surface area contributed by atoms with Crippen molar-refractivity contribution in [2.75, 3.05) is 18.0 Å². The van der Waals surface area contributed by atoms with Gasteiger partial charge in [-0.1, -0.05) is 0 Å². The maximum Gasteiger partial charge on any atom is 0.151 e. The van der Waals surface area contributed by atoms with Crippen molar-refractivity contribution in [2.24, 2.45) is 11.8 Å². The standard InChI is InChI=1S/C13H19N3O/c17-9-12-5-6-13(15-14-12)16(7-10-1-2-10)8-11-3-4-11/h5-6,10-11,17H,1-4,7-9H2. The fourth-order valence-electron chi connectivity index (χ4n) is 2.09. The molecule has 2 fully saturated rings. The van der Waals surface area contributed by atoms with Crippen LogP contribution in [0.15, 0.2) is 12.1 Å². The smallest absolute Gasteiger partial charge is 0.151 e. The Morgan fingerprint density at radius 1 is 1.06 bits per heavy atom. The van der Waals surface area contributed by atoms with Gasteiger partial charge in [0.15, 0.2) is 5.82 Å². The minimum Gasteiger partial charge on any atom is -0.390 e. The van der Waals surface area contributed by atoms with E-state index in [1.54, 1.807) is 0 Å². The van der Waals surface area contributed by atoms with Gasteiger partial charge in [-0.3, -0.25) is 0 Å². The summed E-state index contributed by atoms with van der Waals surface area (Å²) in [6, 6.07) is 3.86. The van der Waals surface area contributed by atoms with E-state index in [1.165, 1.54) is 25.7 Å². The van der Waals surface area contributed by atoms with Gasteiger partial charge in [0.25, 0.3) is 0 Å². The summed E-state index contributed by atoms with van der Waals surface area (Å²) >= 11 is 0. The monoisotopic (exact) mass is 233 g/mol. The molecule has 4 nitrogen and oxygen atoms in total. The van der Waals surface area contributed by atoms with Gasteiger partial charge in [-0.2, -0.15) is 5.10 Å². The lowest BCUT2D eigenvalue weighted by atomic mass is 10.3. The number of nitrogens with zero attached hydrogens (tertiary/aromatic N) is 3. The van der Waals surface area contributed by atoms with Crippen LogP contribution in [0.1, 0.15) is 31.4 Å². The Morgan fingerprint density at radius 2 is 1.71 bits per heavy atom. The number of aromatic nitrogens is 2. The molecule has 0 atom stereocenters. The highest BCUT2D eigenvalue weighted by atomic mass is 16.3. The molecule has 0 bridgehead atoms. The topological polar surface area (TPSA) is 49.2 Å². The van der Waals surface area contributed by atoms with Gasteiger partial charge in [-0.15, -0.1) is 5.10 Å². The number of aliphatic hydroxyl groups is 1. The van der Waals surface area contributed by atoms with Crippen LogP contribution < -0.4 is 4.90 Å². The van der Waals surface area contributed by atoms with Crippen LogP contribution in [-0.2, 0) is 6.61 Å². The molecule has 0 radical (unpaired) electrons. The molecule has 1 N–H and O–H groups in total. The van der Waals surface area contributed by atoms with Crippen molar-refractivity contribution < 1.29 is 5.11 Å². The molecule has 0 spiro atoms. The van der Waals surface area contributed by atoms with Gasteiger partial charge in [0.2, 0.25) is 0 Å². The Bertz CT molecular complexity index is 357. The molecule has 1 heterocycles. The SMILES string of the molecule is OCc1ccc(N(CC2CC2)CC2CC2)nn1. The van der Waals surface area contributed by atoms with Crippen molar-refractivity contribution in [3.63, 3.8) is 0 Å². The van der Waals surface area contributed by atoms with Crippen LogP contribution in [0.5, 0.6) is 0 Å². The number of rotatable bonds is 6. The quantitative estimate of drug-likeness (QED) is 0.810. The Morgan fingerprint density at radius 3 is 2.12 bits per heavy atom. The average molecular weight is 233 g/mol. The first-order valence-corrected chi connectivity index (χ1v) is 6.53. The first kappa shape index (κ1) is 11.0. The second-order valence-electron chi connectivity index (χ2n) is 5.33. The molecule has 3 rings (SSSR count). The predicted molar refractivity (Wildman–Crippen MR) is 65.6 cm³/mol. The minimum atomic E-state index is -0.0292. The summed E-state index contributed by atoms with van der Waals surface area (Å²) in [5, 5.41) is 17.2. The van der Waals surface area contributed by atoms with Gasteiger partial charge in [0.1, 0.15) is 0 Å². The molecule has 2 aliphatic carbocycles. The van der Waals surface area contributed by atoms with Crippen LogP contribution >= 0.6 is 0 Å². The molecule has 0 unspecified atom stereocenters. The lowest BCUT2D eigenvalue weighted by Crippen LogP contribution is -2.29. The van der Waals surface area contributed by atoms with E-state index < -0.39 is 0 Å². The van der Waals surface area contributed by atoms with E-state index in [0.29, 0.717) is 5.69 Å². The zero-order valence-corrected chi connectivity index (χ0v) is 10.0. The molecule has 1 aromatic rings. The van der Waals surface area contributed by atoms with Gasteiger partial charge in [-0.25, -0.2) is 0 Å². The fourth-order valence-corrected chi connectivity index (χ4v) is 2.09. The molecule has 4 heteroatoms. The van der Waals surface area contributed by atoms with E-state index in [9.17, 15) is 0 Å². The Balaban J connectivity index is 1.69. The third-order valence-corrected chi connectivity index (χ3v) is 3.54. The highest BCUT2D eigenvalue weighted by molar-refractivity contribution is 5.38. The Kier molecular flexibility index (Phi) is 2.97. The van der Waals surface area contributed by atoms with Crippen molar-refractivity contribution in [3.8, 4) is 0 Å². The highest BCUT2D eigenvalue weighted by Gasteiger charge is 2.29. The molecule has 0 aliphatic heterocycles. The highest BCUT2D eigenvalue weighted by Crippen LogP contribution is 2.35. The molecule has 2 saturated carbocycles. The summed E-state index contributed by atoms with van der Waals surface area (Å²) in [5.41, 5.74) is 0.645. The molecule has 0 saturated heterocycles. The van der Waals surface area contributed by atoms with E-state index in [0.717, 1.165) is 30.7 Å². The average Bonchev–Trinajstić information content (AvgIpc) is 3.23. The number of anilines is 1. The summed E-state index contributed by atoms with van der Waals surface area (Å²) in [4.78, 5) is 2.38. The first-order valence-electron chi connectivity index (χ1n) is 6.53. The molecule has 0 amide bonds. The zero-order valence-electron chi connectivity index (χ0n) is 10.0. The van der Waals surface area contributed by atoms with Gasteiger partial charge in [0, 0.05) is 13.1 Å². The summed E-state index contributed by atoms with van der Waals surface area (Å²) in [6.07, 6.45) is 5.46. The van der Waals surface area contributed by atoms with Gasteiger partial charge < -0.3 is 10.0 Å². The number of hydrogen-bond donors (Lipinski definition) is 1. The first-order chi connectivity index (χ1) is 8.35. The van der Waals surface area contributed by atoms with Crippen LogP contribution in [0.4, 0.5) is 5.82 Å². The Hall–Kier alpha value is -1.16. The maximum absolute atomic E-state index is 8.96. The van der Waals surface area contributed by atoms with E-state index >= 15 is 0 Å².